The van der Waals surface area contributed by atoms with Crippen LogP contribution >= 0.6 is 0 Å². The predicted molar refractivity (Wildman–Crippen MR) is 212 cm³/mol. The number of hydrogen-bond acceptors (Lipinski definition) is 10. The van der Waals surface area contributed by atoms with E-state index >= 15 is 0 Å². The van der Waals surface area contributed by atoms with Crippen molar-refractivity contribution in [3.05, 3.63) is 76.1 Å². The number of aliphatic hydroxyl groups is 1. The zero-order valence-electron chi connectivity index (χ0n) is 33.3. The lowest BCUT2D eigenvalue weighted by Gasteiger charge is -2.27. The number of benzene rings is 2. The van der Waals surface area contributed by atoms with E-state index in [9.17, 15) is 47.0 Å². The van der Waals surface area contributed by atoms with Crippen molar-refractivity contribution >= 4 is 52.3 Å². The van der Waals surface area contributed by atoms with Gasteiger partial charge in [0.2, 0.25) is 23.6 Å². The lowest BCUT2D eigenvalue weighted by atomic mass is 10.0. The SMILES string of the molecule is CC(C)CC(NC(=O)OC(C)(C)C)C(=O)NC(Cc1ccccc1)C(=O)NC(CO)C(=O)NC(CCCN=C(N)N)C(=O)Nc1ccc2c(C(F)(F)F)cc(=O)oc2c1. The van der Waals surface area contributed by atoms with Gasteiger partial charge in [-0.15, -0.1) is 0 Å². The van der Waals surface area contributed by atoms with E-state index in [0.717, 1.165) is 18.2 Å². The number of nitrogens with one attached hydrogen (secondary N) is 5. The van der Waals surface area contributed by atoms with Crippen LogP contribution < -0.4 is 43.7 Å². The number of rotatable bonds is 18. The smallest absolute Gasteiger partial charge is 0.417 e. The molecule has 0 aliphatic rings. The quantitative estimate of drug-likeness (QED) is 0.0399. The molecule has 5 amide bonds. The first-order valence-corrected chi connectivity index (χ1v) is 18.6. The number of hydrogen-bond donors (Lipinski definition) is 8. The molecule has 0 saturated carbocycles. The Morgan fingerprint density at radius 2 is 1.44 bits per heavy atom. The van der Waals surface area contributed by atoms with Gasteiger partial charge in [0.15, 0.2) is 5.96 Å². The molecule has 0 saturated heterocycles. The molecule has 0 aliphatic carbocycles. The second-order valence-electron chi connectivity index (χ2n) is 15.0. The van der Waals surface area contributed by atoms with Gasteiger partial charge in [0, 0.05) is 36.2 Å². The first kappa shape index (κ1) is 47.2. The number of amides is 5. The summed E-state index contributed by atoms with van der Waals surface area (Å²) in [6, 6.07) is 6.56. The highest BCUT2D eigenvalue weighted by atomic mass is 19.4. The monoisotopic (exact) mass is 832 g/mol. The van der Waals surface area contributed by atoms with Gasteiger partial charge in [-0.25, -0.2) is 9.59 Å². The lowest BCUT2D eigenvalue weighted by Crippen LogP contribution is -2.59. The van der Waals surface area contributed by atoms with E-state index in [1.54, 1.807) is 51.1 Å². The van der Waals surface area contributed by atoms with Crippen LogP contribution in [0, 0.1) is 5.92 Å². The number of nitrogens with zero attached hydrogens (tertiary/aromatic N) is 1. The molecule has 10 N–H and O–H groups in total. The highest BCUT2D eigenvalue weighted by molar-refractivity contribution is 6.00. The maximum atomic E-state index is 13.8. The molecule has 2 aromatic carbocycles. The standard InChI is InChI=1S/C39H51F3N8O9/c1-21(2)16-27(50-37(57)59-38(3,4)5)33(54)48-28(17-22-10-7-6-8-11-22)34(55)49-29(20-51)35(56)47-26(12-9-15-45-36(43)44)32(53)46-23-13-14-24-25(39(40,41)42)19-31(52)58-30(24)18-23/h6-8,10-11,13-14,18-19,21,26-29,51H,9,12,15-17,20H2,1-5H3,(H,46,53)(H,47,56)(H,48,54)(H,49,55)(H,50,57)(H4,43,44,45). The van der Waals surface area contributed by atoms with E-state index in [2.05, 4.69) is 31.6 Å². The summed E-state index contributed by atoms with van der Waals surface area (Å²) in [5, 5.41) is 22.3. The van der Waals surface area contributed by atoms with Crippen LogP contribution in [0.4, 0.5) is 23.7 Å². The van der Waals surface area contributed by atoms with Gasteiger partial charge in [-0.2, -0.15) is 13.2 Å². The number of guanidine groups is 1. The van der Waals surface area contributed by atoms with E-state index in [0.29, 0.717) is 11.6 Å². The number of anilines is 1. The van der Waals surface area contributed by atoms with Crippen LogP contribution in [-0.2, 0) is 36.5 Å². The number of nitrogens with two attached hydrogens (primary N) is 2. The lowest BCUT2D eigenvalue weighted by molar-refractivity contribution is -0.136. The van der Waals surface area contributed by atoms with E-state index < -0.39 is 94.4 Å². The summed E-state index contributed by atoms with van der Waals surface area (Å²) < 4.78 is 51.0. The summed E-state index contributed by atoms with van der Waals surface area (Å²) in [6.07, 6.45) is -5.57. The van der Waals surface area contributed by atoms with Gasteiger partial charge in [0.05, 0.1) is 12.2 Å². The number of aliphatic hydroxyl groups excluding tert-OH is 1. The van der Waals surface area contributed by atoms with Crippen molar-refractivity contribution in [1.82, 2.24) is 21.3 Å². The summed E-state index contributed by atoms with van der Waals surface area (Å²) in [6.45, 7) is 7.72. The number of ether oxygens (including phenoxy) is 1. The van der Waals surface area contributed by atoms with Gasteiger partial charge in [-0.05, 0) is 63.6 Å². The third-order valence-electron chi connectivity index (χ3n) is 8.34. The molecule has 0 radical (unpaired) electrons. The zero-order valence-corrected chi connectivity index (χ0v) is 33.3. The number of alkyl carbamates (subject to hydrolysis) is 1. The van der Waals surface area contributed by atoms with Crippen LogP contribution in [0.1, 0.15) is 65.0 Å². The minimum atomic E-state index is -4.87. The Morgan fingerprint density at radius 1 is 0.831 bits per heavy atom. The summed E-state index contributed by atoms with van der Waals surface area (Å²) in [5.41, 5.74) is 7.50. The summed E-state index contributed by atoms with van der Waals surface area (Å²) in [5.74, 6) is -3.80. The van der Waals surface area contributed by atoms with Crippen molar-refractivity contribution in [3.63, 3.8) is 0 Å². The Balaban J connectivity index is 1.85. The van der Waals surface area contributed by atoms with Crippen LogP contribution in [-0.4, -0.2) is 83.7 Å². The summed E-state index contributed by atoms with van der Waals surface area (Å²) in [7, 11) is 0. The molecular formula is C39H51F3N8O9. The molecule has 17 nitrogen and oxygen atoms in total. The normalized spacial score (nSPS) is 13.7. The molecule has 4 unspecified atom stereocenters. The maximum Gasteiger partial charge on any atom is 0.417 e. The van der Waals surface area contributed by atoms with Crippen molar-refractivity contribution in [2.75, 3.05) is 18.5 Å². The van der Waals surface area contributed by atoms with Gasteiger partial charge < -0.3 is 52.3 Å². The third kappa shape index (κ3) is 15.6. The molecule has 3 rings (SSSR count). The number of halogens is 3. The van der Waals surface area contributed by atoms with E-state index in [-0.39, 0.29) is 49.8 Å². The Kier molecular flexibility index (Phi) is 16.8. The Labute approximate surface area is 337 Å². The predicted octanol–water partition coefficient (Wildman–Crippen LogP) is 2.43. The Hall–Kier alpha value is -6.18. The van der Waals surface area contributed by atoms with Crippen LogP contribution in [0.3, 0.4) is 0 Å². The molecule has 1 heterocycles. The number of fused-ring (bicyclic) bond motifs is 1. The highest BCUT2D eigenvalue weighted by Crippen LogP contribution is 2.34. The number of aliphatic imine (C=N–C) groups is 1. The molecule has 3 aromatic rings. The first-order chi connectivity index (χ1) is 27.6. The summed E-state index contributed by atoms with van der Waals surface area (Å²) in [4.78, 5) is 82.9. The molecule has 0 spiro atoms. The number of alkyl halides is 3. The van der Waals surface area contributed by atoms with Gasteiger partial charge in [0.1, 0.15) is 35.4 Å². The third-order valence-corrected chi connectivity index (χ3v) is 8.34. The molecule has 322 valence electrons. The maximum absolute atomic E-state index is 13.8. The second kappa shape index (κ2) is 21.0. The van der Waals surface area contributed by atoms with Crippen molar-refractivity contribution in [1.29, 1.82) is 0 Å². The Bertz CT molecular complexity index is 2030. The van der Waals surface area contributed by atoms with Crippen LogP contribution in [0.15, 0.2) is 68.8 Å². The van der Waals surface area contributed by atoms with Gasteiger partial charge in [0.25, 0.3) is 0 Å². The summed E-state index contributed by atoms with van der Waals surface area (Å²) >= 11 is 0. The molecule has 0 bridgehead atoms. The molecule has 1 aromatic heterocycles. The van der Waals surface area contributed by atoms with E-state index in [1.165, 1.54) is 0 Å². The van der Waals surface area contributed by atoms with E-state index in [4.69, 9.17) is 20.6 Å². The topological polar surface area (TPSA) is 270 Å². The van der Waals surface area contributed by atoms with E-state index in [1.807, 2.05) is 13.8 Å². The van der Waals surface area contributed by atoms with Crippen molar-refractivity contribution < 1.29 is 51.4 Å². The van der Waals surface area contributed by atoms with Crippen molar-refractivity contribution in [2.24, 2.45) is 22.4 Å². The molecule has 0 aliphatic heterocycles. The van der Waals surface area contributed by atoms with Crippen molar-refractivity contribution in [2.45, 2.75) is 96.2 Å². The van der Waals surface area contributed by atoms with Gasteiger partial charge in [-0.1, -0.05) is 44.2 Å². The number of carbonyl (C=O) groups is 5. The first-order valence-electron chi connectivity index (χ1n) is 18.6. The minimum absolute atomic E-state index is 0.0327. The van der Waals surface area contributed by atoms with Crippen molar-refractivity contribution in [3.8, 4) is 0 Å². The fraction of sp³-hybridized carbons (Fsp3) is 0.462. The average Bonchev–Trinajstić information content (AvgIpc) is 3.12. The largest absolute Gasteiger partial charge is 0.444 e. The van der Waals surface area contributed by atoms with Gasteiger partial charge in [-0.3, -0.25) is 24.2 Å². The molecular weight excluding hydrogens is 781 g/mol. The molecule has 20 heteroatoms. The molecule has 59 heavy (non-hydrogen) atoms. The molecule has 0 fully saturated rings. The highest BCUT2D eigenvalue weighted by Gasteiger charge is 2.35. The molecule has 4 atom stereocenters. The fourth-order valence-corrected chi connectivity index (χ4v) is 5.70. The fourth-order valence-electron chi connectivity index (χ4n) is 5.70. The second-order valence-corrected chi connectivity index (χ2v) is 15.0. The van der Waals surface area contributed by atoms with Crippen LogP contribution in [0.2, 0.25) is 0 Å². The van der Waals surface area contributed by atoms with Crippen LogP contribution in [0.25, 0.3) is 11.0 Å². The van der Waals surface area contributed by atoms with Crippen LogP contribution in [0.5, 0.6) is 0 Å². The number of carbonyl (C=O) groups excluding carboxylic acids is 5. The van der Waals surface area contributed by atoms with Gasteiger partial charge >= 0.3 is 17.9 Å². The average molecular weight is 833 g/mol. The zero-order chi connectivity index (χ0) is 44.1. The minimum Gasteiger partial charge on any atom is -0.444 e. The Morgan fingerprint density at radius 3 is 2.03 bits per heavy atom.